The lowest BCUT2D eigenvalue weighted by molar-refractivity contribution is -0.143. The lowest BCUT2D eigenvalue weighted by Crippen LogP contribution is -2.32. The fourth-order valence-electron chi connectivity index (χ4n) is 3.11. The Morgan fingerprint density at radius 3 is 2.88 bits per heavy atom. The Balaban J connectivity index is 1.99. The number of hydrogen-bond donors (Lipinski definition) is 1. The zero-order valence-corrected chi connectivity index (χ0v) is 14.7. The summed E-state index contributed by atoms with van der Waals surface area (Å²) in [5.41, 5.74) is -1.66. The van der Waals surface area contributed by atoms with Gasteiger partial charge in [0.15, 0.2) is 11.5 Å². The third-order valence-electron chi connectivity index (χ3n) is 4.27. The number of nitrogens with zero attached hydrogens (tertiary/aromatic N) is 4. The van der Waals surface area contributed by atoms with Gasteiger partial charge in [0.2, 0.25) is 0 Å². The summed E-state index contributed by atoms with van der Waals surface area (Å²) in [4.78, 5) is 18.0. The van der Waals surface area contributed by atoms with Crippen LogP contribution in [0, 0.1) is 5.92 Å². The van der Waals surface area contributed by atoms with Gasteiger partial charge in [0, 0.05) is 19.3 Å². The van der Waals surface area contributed by atoms with E-state index >= 15 is 0 Å². The molecule has 3 rings (SSSR count). The van der Waals surface area contributed by atoms with Crippen LogP contribution in [0.1, 0.15) is 22.5 Å². The number of nitrogens with one attached hydrogen (secondary N) is 1. The van der Waals surface area contributed by atoms with Crippen molar-refractivity contribution in [2.75, 3.05) is 26.7 Å². The van der Waals surface area contributed by atoms with Crippen LogP contribution in [0.2, 0.25) is 5.02 Å². The molecule has 2 aromatic heterocycles. The van der Waals surface area contributed by atoms with Gasteiger partial charge in [0.25, 0.3) is 5.91 Å². The molecule has 3 heterocycles. The number of rotatable bonds is 4. The molecule has 0 bridgehead atoms. The molecule has 1 amide bonds. The zero-order chi connectivity index (χ0) is 18.9. The number of pyridine rings is 1. The van der Waals surface area contributed by atoms with Crippen molar-refractivity contribution in [1.82, 2.24) is 25.0 Å². The van der Waals surface area contributed by atoms with Crippen molar-refractivity contribution < 1.29 is 18.0 Å². The largest absolute Gasteiger partial charge is 0.434 e. The molecule has 2 aromatic rings. The summed E-state index contributed by atoms with van der Waals surface area (Å²) < 4.78 is 41.7. The zero-order valence-electron chi connectivity index (χ0n) is 13.9. The molecule has 0 unspecified atom stereocenters. The quantitative estimate of drug-likeness (QED) is 0.876. The number of amides is 1. The minimum absolute atomic E-state index is 0.00959. The maximum Gasteiger partial charge on any atom is 0.434 e. The Kier molecular flexibility index (Phi) is 5.19. The molecule has 26 heavy (non-hydrogen) atoms. The first-order valence-corrected chi connectivity index (χ1v) is 8.40. The smallest absolute Gasteiger partial charge is 0.338 e. The maximum atomic E-state index is 13.7. The molecule has 0 saturated carbocycles. The predicted octanol–water partition coefficient (Wildman–Crippen LogP) is 2.62. The van der Waals surface area contributed by atoms with E-state index in [-0.39, 0.29) is 16.8 Å². The second-order valence-electron chi connectivity index (χ2n) is 6.09. The van der Waals surface area contributed by atoms with Crippen LogP contribution in [0.15, 0.2) is 24.5 Å². The molecular weight excluding hydrogens is 371 g/mol. The lowest BCUT2D eigenvalue weighted by atomic mass is 10.1. The Bertz CT molecular complexity index is 807. The summed E-state index contributed by atoms with van der Waals surface area (Å²) in [6.45, 7) is 1.53. The summed E-state index contributed by atoms with van der Waals surface area (Å²) in [7, 11) is 1.80. The molecule has 6 nitrogen and oxygen atoms in total. The summed E-state index contributed by atoms with van der Waals surface area (Å²) in [5, 5.41) is 6.78. The normalized spacial score (nSPS) is 17.7. The van der Waals surface area contributed by atoms with Crippen LogP contribution >= 0.6 is 11.6 Å². The second-order valence-corrected chi connectivity index (χ2v) is 6.50. The Hall–Kier alpha value is -2.13. The topological polar surface area (TPSA) is 63.1 Å². The number of carbonyl (C=O) groups excluding carboxylic acids is 1. The van der Waals surface area contributed by atoms with Crippen molar-refractivity contribution in [3.8, 4) is 5.82 Å². The van der Waals surface area contributed by atoms with Gasteiger partial charge in [0.05, 0.1) is 16.8 Å². The van der Waals surface area contributed by atoms with Crippen LogP contribution in [0.3, 0.4) is 0 Å². The van der Waals surface area contributed by atoms with E-state index in [0.29, 0.717) is 24.3 Å². The summed E-state index contributed by atoms with van der Waals surface area (Å²) in [5.74, 6) is -0.636. The number of halogens is 4. The van der Waals surface area contributed by atoms with Gasteiger partial charge < -0.3 is 10.2 Å². The average molecular weight is 388 g/mol. The van der Waals surface area contributed by atoms with Gasteiger partial charge >= 0.3 is 6.18 Å². The summed E-state index contributed by atoms with van der Waals surface area (Å²) >= 11 is 5.96. The summed E-state index contributed by atoms with van der Waals surface area (Å²) in [6.07, 6.45) is -1.80. The first kappa shape index (κ1) is 18.7. The third-order valence-corrected chi connectivity index (χ3v) is 4.57. The Labute approximate surface area is 153 Å². The van der Waals surface area contributed by atoms with Gasteiger partial charge in [-0.3, -0.25) is 4.79 Å². The minimum atomic E-state index is -4.79. The van der Waals surface area contributed by atoms with Crippen LogP contribution in [0.5, 0.6) is 0 Å². The van der Waals surface area contributed by atoms with Crippen LogP contribution in [0.4, 0.5) is 13.2 Å². The van der Waals surface area contributed by atoms with Crippen molar-refractivity contribution in [2.45, 2.75) is 12.6 Å². The van der Waals surface area contributed by atoms with E-state index in [1.54, 1.807) is 7.05 Å². The maximum absolute atomic E-state index is 13.7. The SMILES string of the molecule is CNC[C@H]1CCN(C(=O)c2cnn(-c3ncccc3Cl)c2C(F)(F)F)C1. The molecule has 0 aromatic carbocycles. The van der Waals surface area contributed by atoms with Crippen molar-refractivity contribution in [3.05, 3.63) is 40.8 Å². The Morgan fingerprint density at radius 2 is 2.23 bits per heavy atom. The average Bonchev–Trinajstić information content (AvgIpc) is 3.21. The van der Waals surface area contributed by atoms with E-state index < -0.39 is 23.3 Å². The molecule has 1 aliphatic heterocycles. The van der Waals surface area contributed by atoms with Crippen molar-refractivity contribution >= 4 is 17.5 Å². The van der Waals surface area contributed by atoms with Gasteiger partial charge in [-0.05, 0) is 38.1 Å². The van der Waals surface area contributed by atoms with Crippen molar-refractivity contribution in [3.63, 3.8) is 0 Å². The van der Waals surface area contributed by atoms with Crippen molar-refractivity contribution in [2.24, 2.45) is 5.92 Å². The first-order chi connectivity index (χ1) is 12.3. The highest BCUT2D eigenvalue weighted by molar-refractivity contribution is 6.32. The highest BCUT2D eigenvalue weighted by atomic mass is 35.5. The van der Waals surface area contributed by atoms with Crippen LogP contribution in [-0.2, 0) is 6.18 Å². The molecule has 1 saturated heterocycles. The van der Waals surface area contributed by atoms with E-state index in [0.717, 1.165) is 12.6 Å². The predicted molar refractivity (Wildman–Crippen MR) is 89.3 cm³/mol. The molecule has 0 radical (unpaired) electrons. The molecule has 1 N–H and O–H groups in total. The van der Waals surface area contributed by atoms with Gasteiger partial charge in [-0.15, -0.1) is 0 Å². The standard InChI is InChI=1S/C16H17ClF3N5O/c1-21-7-10-4-6-24(9-10)15(26)11-8-23-25(13(11)16(18,19)20)14-12(17)3-2-5-22-14/h2-3,5,8,10,21H,4,6-7,9H2,1H3/t10-/m1/s1. The minimum Gasteiger partial charge on any atom is -0.338 e. The van der Waals surface area contributed by atoms with E-state index in [1.807, 2.05) is 0 Å². The van der Waals surface area contributed by atoms with E-state index in [2.05, 4.69) is 15.4 Å². The molecule has 0 aliphatic carbocycles. The molecule has 1 fully saturated rings. The van der Waals surface area contributed by atoms with Gasteiger partial charge in [-0.1, -0.05) is 11.6 Å². The molecule has 10 heteroatoms. The van der Waals surface area contributed by atoms with Gasteiger partial charge in [-0.2, -0.15) is 18.3 Å². The molecular formula is C16H17ClF3N5O. The van der Waals surface area contributed by atoms with Gasteiger partial charge in [0.1, 0.15) is 0 Å². The fraction of sp³-hybridized carbons (Fsp3) is 0.438. The summed E-state index contributed by atoms with van der Waals surface area (Å²) in [6, 6.07) is 2.91. The highest BCUT2D eigenvalue weighted by Crippen LogP contribution is 2.35. The van der Waals surface area contributed by atoms with Crippen molar-refractivity contribution in [1.29, 1.82) is 0 Å². The van der Waals surface area contributed by atoms with Crippen LogP contribution in [-0.4, -0.2) is 52.3 Å². The number of hydrogen-bond acceptors (Lipinski definition) is 4. The number of aromatic nitrogens is 3. The molecule has 140 valence electrons. The molecule has 1 atom stereocenters. The number of likely N-dealkylation sites (tertiary alicyclic amines) is 1. The molecule has 1 aliphatic rings. The monoisotopic (exact) mass is 387 g/mol. The fourth-order valence-corrected chi connectivity index (χ4v) is 3.32. The van der Waals surface area contributed by atoms with Gasteiger partial charge in [-0.25, -0.2) is 9.67 Å². The van der Waals surface area contributed by atoms with Crippen LogP contribution in [0.25, 0.3) is 5.82 Å². The van der Waals surface area contributed by atoms with E-state index in [1.165, 1.54) is 23.2 Å². The van der Waals surface area contributed by atoms with E-state index in [9.17, 15) is 18.0 Å². The first-order valence-electron chi connectivity index (χ1n) is 8.03. The van der Waals surface area contributed by atoms with Crippen LogP contribution < -0.4 is 5.32 Å². The Morgan fingerprint density at radius 1 is 1.46 bits per heavy atom. The molecule has 0 spiro atoms. The lowest BCUT2D eigenvalue weighted by Gasteiger charge is -2.18. The highest BCUT2D eigenvalue weighted by Gasteiger charge is 2.42. The third kappa shape index (κ3) is 3.54. The number of alkyl halides is 3. The van der Waals surface area contributed by atoms with E-state index in [4.69, 9.17) is 11.6 Å². The number of carbonyl (C=O) groups is 1. The second kappa shape index (κ2) is 7.24.